The van der Waals surface area contributed by atoms with Gasteiger partial charge in [0.15, 0.2) is 0 Å². The highest BCUT2D eigenvalue weighted by Crippen LogP contribution is 2.33. The van der Waals surface area contributed by atoms with Crippen molar-refractivity contribution < 1.29 is 0 Å². The molecule has 0 spiro atoms. The Morgan fingerprint density at radius 1 is 1.27 bits per heavy atom. The van der Waals surface area contributed by atoms with Crippen molar-refractivity contribution in [2.24, 2.45) is 0 Å². The number of hydrogen-bond donors (Lipinski definition) is 1. The first-order valence-corrected chi connectivity index (χ1v) is 6.18. The topological polar surface area (TPSA) is 38.9 Å². The highest BCUT2D eigenvalue weighted by molar-refractivity contribution is 9.11. The molecule has 0 aliphatic heterocycles. The maximum absolute atomic E-state index is 5.70. The summed E-state index contributed by atoms with van der Waals surface area (Å²) >= 11 is 4.94. The Hall–Kier alpha value is -0.870. The van der Waals surface area contributed by atoms with E-state index < -0.39 is 0 Å². The van der Waals surface area contributed by atoms with Crippen molar-refractivity contribution in [1.29, 1.82) is 0 Å². The zero-order valence-electron chi connectivity index (χ0n) is 8.54. The number of aryl methyl sites for hydroxylation is 2. The second-order valence-corrected chi connectivity index (χ2v) is 5.79. The summed E-state index contributed by atoms with van der Waals surface area (Å²) in [5.74, 6) is 0.563. The molecule has 0 aliphatic carbocycles. The number of halogens is 1. The predicted octanol–water partition coefficient (Wildman–Crippen LogP) is 3.77. The molecule has 2 aromatic rings. The van der Waals surface area contributed by atoms with E-state index >= 15 is 0 Å². The number of aromatic nitrogens is 1. The summed E-state index contributed by atoms with van der Waals surface area (Å²) in [5.41, 5.74) is 9.39. The Balaban J connectivity index is 2.49. The van der Waals surface area contributed by atoms with E-state index in [0.29, 0.717) is 5.82 Å². The fourth-order valence-electron chi connectivity index (χ4n) is 1.31. The zero-order chi connectivity index (χ0) is 11.0. The summed E-state index contributed by atoms with van der Waals surface area (Å²) in [5, 5.41) is 0.961. The van der Waals surface area contributed by atoms with Gasteiger partial charge in [0.1, 0.15) is 14.6 Å². The molecule has 0 saturated heterocycles. The molecule has 0 fully saturated rings. The summed E-state index contributed by atoms with van der Waals surface area (Å²) in [4.78, 5) is 4.30. The van der Waals surface area contributed by atoms with Crippen LogP contribution in [-0.4, -0.2) is 4.98 Å². The highest BCUT2D eigenvalue weighted by atomic mass is 79.9. The van der Waals surface area contributed by atoms with Crippen LogP contribution in [0.3, 0.4) is 0 Å². The number of nitrogens with two attached hydrogens (primary N) is 1. The first kappa shape index (κ1) is 10.6. The van der Waals surface area contributed by atoms with Crippen LogP contribution in [0.2, 0.25) is 0 Å². The molecule has 0 atom stereocenters. The molecule has 1 heterocycles. The van der Waals surface area contributed by atoms with Gasteiger partial charge in [-0.3, -0.25) is 0 Å². The number of rotatable bonds is 1. The third-order valence-corrected chi connectivity index (χ3v) is 4.16. The van der Waals surface area contributed by atoms with Gasteiger partial charge in [-0.25, -0.2) is 4.98 Å². The fraction of sp³-hybridized carbons (Fsp3) is 0.182. The third-order valence-electron chi connectivity index (χ3n) is 2.36. The molecule has 0 aliphatic rings. The molecule has 78 valence electrons. The van der Waals surface area contributed by atoms with Crippen LogP contribution in [0, 0.1) is 13.8 Å². The van der Waals surface area contributed by atoms with Crippen molar-refractivity contribution in [2.45, 2.75) is 13.8 Å². The highest BCUT2D eigenvalue weighted by Gasteiger charge is 2.08. The van der Waals surface area contributed by atoms with Gasteiger partial charge >= 0.3 is 0 Å². The van der Waals surface area contributed by atoms with Crippen molar-refractivity contribution in [2.75, 3.05) is 5.73 Å². The molecular weight excluding hydrogens is 272 g/mol. The Labute approximate surface area is 101 Å². The minimum Gasteiger partial charge on any atom is -0.382 e. The van der Waals surface area contributed by atoms with Crippen LogP contribution < -0.4 is 5.73 Å². The van der Waals surface area contributed by atoms with E-state index in [9.17, 15) is 0 Å². The number of anilines is 1. The van der Waals surface area contributed by atoms with Crippen LogP contribution in [0.25, 0.3) is 10.6 Å². The molecular formula is C11H11BrN2S. The van der Waals surface area contributed by atoms with E-state index in [0.717, 1.165) is 14.4 Å². The van der Waals surface area contributed by atoms with Gasteiger partial charge in [-0.15, -0.1) is 11.3 Å². The maximum Gasteiger partial charge on any atom is 0.149 e. The number of hydrogen-bond acceptors (Lipinski definition) is 3. The van der Waals surface area contributed by atoms with E-state index in [2.05, 4.69) is 53.0 Å². The van der Waals surface area contributed by atoms with Crippen LogP contribution >= 0.6 is 27.3 Å². The summed E-state index contributed by atoms with van der Waals surface area (Å²) in [6, 6.07) is 6.32. The molecule has 2 nitrogen and oxygen atoms in total. The molecule has 2 N–H and O–H groups in total. The molecule has 0 unspecified atom stereocenters. The Kier molecular flexibility index (Phi) is 2.80. The summed E-state index contributed by atoms with van der Waals surface area (Å²) in [6.45, 7) is 4.20. The van der Waals surface area contributed by atoms with Crippen molar-refractivity contribution in [3.05, 3.63) is 33.1 Å². The Morgan fingerprint density at radius 3 is 2.53 bits per heavy atom. The second-order valence-electron chi connectivity index (χ2n) is 3.48. The van der Waals surface area contributed by atoms with Gasteiger partial charge in [-0.05, 0) is 47.0 Å². The third kappa shape index (κ3) is 2.06. The first-order valence-electron chi connectivity index (χ1n) is 4.57. The molecule has 2 rings (SSSR count). The summed E-state index contributed by atoms with van der Waals surface area (Å²) in [6.07, 6.45) is 0. The van der Waals surface area contributed by atoms with Gasteiger partial charge < -0.3 is 5.73 Å². The number of nitrogen functional groups attached to an aromatic ring is 1. The van der Waals surface area contributed by atoms with Crippen molar-refractivity contribution >= 4 is 33.1 Å². The van der Waals surface area contributed by atoms with Gasteiger partial charge in [0.05, 0.1) is 0 Å². The van der Waals surface area contributed by atoms with Gasteiger partial charge in [-0.1, -0.05) is 12.1 Å². The summed E-state index contributed by atoms with van der Waals surface area (Å²) < 4.78 is 0.899. The summed E-state index contributed by atoms with van der Waals surface area (Å²) in [7, 11) is 0. The minimum absolute atomic E-state index is 0.563. The lowest BCUT2D eigenvalue weighted by atomic mass is 10.1. The largest absolute Gasteiger partial charge is 0.382 e. The van der Waals surface area contributed by atoms with Gasteiger partial charge in [0, 0.05) is 5.56 Å². The monoisotopic (exact) mass is 282 g/mol. The molecule has 1 aromatic heterocycles. The maximum atomic E-state index is 5.70. The van der Waals surface area contributed by atoms with Gasteiger partial charge in [0.25, 0.3) is 0 Å². The molecule has 0 saturated carbocycles. The van der Waals surface area contributed by atoms with Crippen LogP contribution in [0.15, 0.2) is 22.0 Å². The predicted molar refractivity (Wildman–Crippen MR) is 69.1 cm³/mol. The standard InChI is InChI=1S/C11H11BrN2S/c1-6-3-4-8(5-7(6)2)11-14-10(13)9(12)15-11/h3-5H,13H2,1-2H3. The molecule has 0 radical (unpaired) electrons. The van der Waals surface area contributed by atoms with E-state index in [1.165, 1.54) is 11.1 Å². The Morgan fingerprint density at radius 2 is 2.00 bits per heavy atom. The molecule has 1 aromatic carbocycles. The van der Waals surface area contributed by atoms with Crippen LogP contribution in [0.4, 0.5) is 5.82 Å². The van der Waals surface area contributed by atoms with Crippen molar-refractivity contribution in [1.82, 2.24) is 4.98 Å². The number of nitrogens with zero attached hydrogens (tertiary/aromatic N) is 1. The average molecular weight is 283 g/mol. The SMILES string of the molecule is Cc1ccc(-c2nc(N)c(Br)s2)cc1C. The van der Waals surface area contributed by atoms with E-state index in [1.807, 2.05) is 0 Å². The van der Waals surface area contributed by atoms with Crippen molar-refractivity contribution in [3.63, 3.8) is 0 Å². The van der Waals surface area contributed by atoms with Crippen LogP contribution in [-0.2, 0) is 0 Å². The molecule has 15 heavy (non-hydrogen) atoms. The van der Waals surface area contributed by atoms with E-state index in [-0.39, 0.29) is 0 Å². The lowest BCUT2D eigenvalue weighted by Gasteiger charge is -2.01. The van der Waals surface area contributed by atoms with Crippen LogP contribution in [0.5, 0.6) is 0 Å². The lowest BCUT2D eigenvalue weighted by molar-refractivity contribution is 1.33. The minimum atomic E-state index is 0.563. The van der Waals surface area contributed by atoms with Crippen LogP contribution in [0.1, 0.15) is 11.1 Å². The van der Waals surface area contributed by atoms with Crippen molar-refractivity contribution in [3.8, 4) is 10.6 Å². The normalized spacial score (nSPS) is 10.6. The van der Waals surface area contributed by atoms with Gasteiger partial charge in [-0.2, -0.15) is 0 Å². The first-order chi connectivity index (χ1) is 7.08. The number of thiazole rings is 1. The average Bonchev–Trinajstić information content (AvgIpc) is 2.52. The lowest BCUT2D eigenvalue weighted by Crippen LogP contribution is -1.86. The second kappa shape index (κ2) is 3.94. The zero-order valence-corrected chi connectivity index (χ0v) is 10.9. The molecule has 4 heteroatoms. The van der Waals surface area contributed by atoms with Gasteiger partial charge in [0.2, 0.25) is 0 Å². The quantitative estimate of drug-likeness (QED) is 0.865. The van der Waals surface area contributed by atoms with E-state index in [4.69, 9.17) is 5.73 Å². The Bertz CT molecular complexity index is 486. The molecule has 0 bridgehead atoms. The molecule has 0 amide bonds. The number of benzene rings is 1. The van der Waals surface area contributed by atoms with E-state index in [1.54, 1.807) is 11.3 Å². The smallest absolute Gasteiger partial charge is 0.149 e. The fourth-order valence-corrected chi connectivity index (χ4v) is 2.57.